The number of benzene rings is 2. The fraction of sp³-hybridized carbons (Fsp3) is 0.0952. The van der Waals surface area contributed by atoms with Crippen LogP contribution in [0, 0.1) is 0 Å². The van der Waals surface area contributed by atoms with E-state index in [1.165, 1.54) is 12.1 Å². The zero-order valence-electron chi connectivity index (χ0n) is 15.9. The van der Waals surface area contributed by atoms with E-state index in [0.29, 0.717) is 28.6 Å². The number of ether oxygens (including phenoxy) is 1. The maximum Gasteiger partial charge on any atom is 0.387 e. The molecule has 0 bridgehead atoms. The summed E-state index contributed by atoms with van der Waals surface area (Å²) in [5.74, 6) is 0.0155. The van der Waals surface area contributed by atoms with Crippen molar-refractivity contribution in [2.75, 3.05) is 5.32 Å². The van der Waals surface area contributed by atoms with E-state index >= 15 is 0 Å². The number of halogens is 3. The molecule has 0 saturated carbocycles. The highest BCUT2D eigenvalue weighted by Crippen LogP contribution is 2.22. The highest BCUT2D eigenvalue weighted by atomic mass is 35.5. The summed E-state index contributed by atoms with van der Waals surface area (Å²) < 4.78 is 30.5. The van der Waals surface area contributed by atoms with E-state index < -0.39 is 12.5 Å². The molecule has 0 aliphatic heterocycles. The summed E-state index contributed by atoms with van der Waals surface area (Å²) in [5, 5.41) is 14.4. The molecule has 2 N–H and O–H groups in total. The molecule has 158 valence electrons. The van der Waals surface area contributed by atoms with Gasteiger partial charge in [-0.1, -0.05) is 23.7 Å². The number of amides is 1. The van der Waals surface area contributed by atoms with Crippen molar-refractivity contribution in [3.05, 3.63) is 83.1 Å². The monoisotopic (exact) mass is 443 g/mol. The van der Waals surface area contributed by atoms with Gasteiger partial charge in [-0.05, 0) is 48.0 Å². The van der Waals surface area contributed by atoms with Gasteiger partial charge in [0.25, 0.3) is 5.91 Å². The first-order chi connectivity index (χ1) is 15.0. The second-order valence-electron chi connectivity index (χ2n) is 6.55. The Bertz CT molecular complexity index is 1190. The van der Waals surface area contributed by atoms with Gasteiger partial charge in [-0.15, -0.1) is 0 Å². The van der Waals surface area contributed by atoms with Gasteiger partial charge in [0.05, 0.1) is 12.2 Å². The fourth-order valence-electron chi connectivity index (χ4n) is 2.92. The van der Waals surface area contributed by atoms with Crippen LogP contribution >= 0.6 is 11.6 Å². The van der Waals surface area contributed by atoms with E-state index in [1.54, 1.807) is 41.2 Å². The molecular formula is C21H16ClF2N5O2. The number of carbonyl (C=O) groups excluding carboxylic acids is 1. The third kappa shape index (κ3) is 5.26. The van der Waals surface area contributed by atoms with Crippen LogP contribution in [-0.2, 0) is 6.54 Å². The zero-order valence-corrected chi connectivity index (χ0v) is 16.7. The minimum absolute atomic E-state index is 0.0422. The number of H-pyrrole nitrogens is 1. The summed E-state index contributed by atoms with van der Waals surface area (Å²) in [7, 11) is 0. The van der Waals surface area contributed by atoms with Crippen LogP contribution in [0.25, 0.3) is 11.3 Å². The molecule has 0 spiro atoms. The molecule has 2 heterocycles. The summed E-state index contributed by atoms with van der Waals surface area (Å²) in [6, 6.07) is 16.6. The molecule has 0 aliphatic rings. The van der Waals surface area contributed by atoms with E-state index in [-0.39, 0.29) is 11.4 Å². The summed E-state index contributed by atoms with van der Waals surface area (Å²) >= 11 is 5.99. The third-order valence-electron chi connectivity index (χ3n) is 4.31. The van der Waals surface area contributed by atoms with Gasteiger partial charge < -0.3 is 10.1 Å². The minimum atomic E-state index is -2.89. The summed E-state index contributed by atoms with van der Waals surface area (Å²) in [4.78, 5) is 12.5. The molecule has 0 radical (unpaired) electrons. The molecule has 2 aromatic carbocycles. The number of aromatic nitrogens is 4. The SMILES string of the molecule is O=C(Nc1ccn(Cc2cccc(Cl)c2)n1)c1cc(-c2ccc(OC(F)F)cc2)n[nH]1. The highest BCUT2D eigenvalue weighted by molar-refractivity contribution is 6.30. The molecule has 0 saturated heterocycles. The van der Waals surface area contributed by atoms with E-state index in [9.17, 15) is 13.6 Å². The van der Waals surface area contributed by atoms with Crippen molar-refractivity contribution in [2.45, 2.75) is 13.2 Å². The zero-order chi connectivity index (χ0) is 21.8. The number of carbonyl (C=O) groups is 1. The standard InChI is InChI=1S/C21H16ClF2N5O2/c22-15-3-1-2-13(10-15)12-29-9-8-19(28-29)25-20(30)18-11-17(26-27-18)14-4-6-16(7-5-14)31-21(23)24/h1-11,21H,12H2,(H,26,27)(H,25,28,30). The Morgan fingerprint density at radius 3 is 2.71 bits per heavy atom. The molecule has 0 unspecified atom stereocenters. The lowest BCUT2D eigenvalue weighted by Crippen LogP contribution is -2.13. The molecular weight excluding hydrogens is 428 g/mol. The first-order valence-electron chi connectivity index (χ1n) is 9.16. The summed E-state index contributed by atoms with van der Waals surface area (Å²) in [6.07, 6.45) is 1.75. The smallest absolute Gasteiger partial charge is 0.387 e. The van der Waals surface area contributed by atoms with Gasteiger partial charge >= 0.3 is 6.61 Å². The minimum Gasteiger partial charge on any atom is -0.435 e. The van der Waals surface area contributed by atoms with E-state index in [0.717, 1.165) is 5.56 Å². The number of aromatic amines is 1. The van der Waals surface area contributed by atoms with Crippen molar-refractivity contribution in [2.24, 2.45) is 0 Å². The maximum absolute atomic E-state index is 12.5. The summed E-state index contributed by atoms with van der Waals surface area (Å²) in [5.41, 5.74) is 2.34. The van der Waals surface area contributed by atoms with Crippen molar-refractivity contribution >= 4 is 23.3 Å². The van der Waals surface area contributed by atoms with Gasteiger partial charge in [0.1, 0.15) is 11.4 Å². The van der Waals surface area contributed by atoms with Gasteiger partial charge in [0.2, 0.25) is 0 Å². The lowest BCUT2D eigenvalue weighted by molar-refractivity contribution is -0.0498. The van der Waals surface area contributed by atoms with Crippen LogP contribution in [0.2, 0.25) is 5.02 Å². The molecule has 31 heavy (non-hydrogen) atoms. The van der Waals surface area contributed by atoms with E-state index in [4.69, 9.17) is 11.6 Å². The van der Waals surface area contributed by atoms with Crippen LogP contribution < -0.4 is 10.1 Å². The molecule has 4 rings (SSSR count). The topological polar surface area (TPSA) is 84.8 Å². The molecule has 10 heteroatoms. The van der Waals surface area contributed by atoms with Crippen molar-refractivity contribution in [3.8, 4) is 17.0 Å². The van der Waals surface area contributed by atoms with Crippen molar-refractivity contribution in [1.29, 1.82) is 0 Å². The second kappa shape index (κ2) is 8.97. The number of nitrogens with one attached hydrogen (secondary N) is 2. The van der Waals surface area contributed by atoms with Crippen molar-refractivity contribution < 1.29 is 18.3 Å². The number of rotatable bonds is 7. The number of hydrogen-bond donors (Lipinski definition) is 2. The van der Waals surface area contributed by atoms with Crippen molar-refractivity contribution in [1.82, 2.24) is 20.0 Å². The quantitative estimate of drug-likeness (QED) is 0.428. The van der Waals surface area contributed by atoms with Crippen LogP contribution in [0.1, 0.15) is 16.1 Å². The van der Waals surface area contributed by atoms with Gasteiger partial charge in [0, 0.05) is 22.8 Å². The Balaban J connectivity index is 1.40. The molecule has 2 aromatic heterocycles. The first kappa shape index (κ1) is 20.5. The Kier molecular flexibility index (Phi) is 5.94. The average Bonchev–Trinajstić information content (AvgIpc) is 3.38. The normalized spacial score (nSPS) is 11.0. The Labute approximate surface area is 180 Å². The van der Waals surface area contributed by atoms with Crippen LogP contribution in [0.4, 0.5) is 14.6 Å². The molecule has 0 atom stereocenters. The third-order valence-corrected chi connectivity index (χ3v) is 4.55. The fourth-order valence-corrected chi connectivity index (χ4v) is 3.13. The predicted octanol–water partition coefficient (Wildman–Crippen LogP) is 4.83. The Hall–Kier alpha value is -3.72. The second-order valence-corrected chi connectivity index (χ2v) is 6.99. The number of nitrogens with zero attached hydrogens (tertiary/aromatic N) is 3. The Morgan fingerprint density at radius 1 is 1.16 bits per heavy atom. The molecule has 7 nitrogen and oxygen atoms in total. The maximum atomic E-state index is 12.5. The van der Waals surface area contributed by atoms with Gasteiger partial charge in [-0.2, -0.15) is 19.0 Å². The van der Waals surface area contributed by atoms with E-state index in [1.807, 2.05) is 18.2 Å². The number of alkyl halides is 2. The van der Waals surface area contributed by atoms with Crippen molar-refractivity contribution in [3.63, 3.8) is 0 Å². The van der Waals surface area contributed by atoms with Crippen LogP contribution in [0.3, 0.4) is 0 Å². The van der Waals surface area contributed by atoms with Crippen LogP contribution in [-0.4, -0.2) is 32.5 Å². The number of hydrogen-bond acceptors (Lipinski definition) is 4. The molecule has 4 aromatic rings. The molecule has 1 amide bonds. The lowest BCUT2D eigenvalue weighted by Gasteiger charge is -2.04. The lowest BCUT2D eigenvalue weighted by atomic mass is 10.1. The van der Waals surface area contributed by atoms with Crippen LogP contribution in [0.15, 0.2) is 66.9 Å². The Morgan fingerprint density at radius 2 is 1.97 bits per heavy atom. The summed E-state index contributed by atoms with van der Waals surface area (Å²) in [6.45, 7) is -2.38. The number of anilines is 1. The van der Waals surface area contributed by atoms with E-state index in [2.05, 4.69) is 25.3 Å². The average molecular weight is 444 g/mol. The van der Waals surface area contributed by atoms with Gasteiger partial charge in [-0.25, -0.2) is 0 Å². The largest absolute Gasteiger partial charge is 0.435 e. The predicted molar refractivity (Wildman–Crippen MR) is 111 cm³/mol. The van der Waals surface area contributed by atoms with Crippen LogP contribution in [0.5, 0.6) is 5.75 Å². The molecule has 0 aliphatic carbocycles. The van der Waals surface area contributed by atoms with Gasteiger partial charge in [-0.3, -0.25) is 14.6 Å². The molecule has 0 fully saturated rings. The van der Waals surface area contributed by atoms with Gasteiger partial charge in [0.15, 0.2) is 5.82 Å². The first-order valence-corrected chi connectivity index (χ1v) is 9.54. The highest BCUT2D eigenvalue weighted by Gasteiger charge is 2.13.